The smallest absolute Gasteiger partial charge is 0.138 e. The summed E-state index contributed by atoms with van der Waals surface area (Å²) in [6, 6.07) is 0.474. The highest BCUT2D eigenvalue weighted by atomic mass is 16.5. The molecule has 1 aliphatic heterocycles. The van der Waals surface area contributed by atoms with Crippen molar-refractivity contribution in [3.05, 3.63) is 12.2 Å². The molecule has 1 aromatic heterocycles. The summed E-state index contributed by atoms with van der Waals surface area (Å²) < 4.78 is 7.54. The van der Waals surface area contributed by atoms with Gasteiger partial charge in [-0.3, -0.25) is 4.68 Å². The second-order valence-electron chi connectivity index (χ2n) is 4.97. The summed E-state index contributed by atoms with van der Waals surface area (Å²) in [6.45, 7) is 4.09. The summed E-state index contributed by atoms with van der Waals surface area (Å²) >= 11 is 0. The number of aryl methyl sites for hydroxylation is 1. The average molecular weight is 252 g/mol. The molecule has 1 aromatic rings. The lowest BCUT2D eigenvalue weighted by atomic mass is 10.0. The van der Waals surface area contributed by atoms with Gasteiger partial charge >= 0.3 is 0 Å². The Kier molecular flexibility index (Phi) is 5.13. The molecule has 0 bridgehead atoms. The highest BCUT2D eigenvalue weighted by molar-refractivity contribution is 4.89. The Bertz CT molecular complexity index is 347. The largest absolute Gasteiger partial charge is 0.378 e. The first-order valence-corrected chi connectivity index (χ1v) is 6.97. The molecule has 1 fully saturated rings. The van der Waals surface area contributed by atoms with Gasteiger partial charge in [-0.1, -0.05) is 6.92 Å². The molecular formula is C13H24N4O. The third-order valence-corrected chi connectivity index (χ3v) is 3.59. The van der Waals surface area contributed by atoms with E-state index in [0.29, 0.717) is 12.1 Å². The van der Waals surface area contributed by atoms with E-state index in [4.69, 9.17) is 4.74 Å². The van der Waals surface area contributed by atoms with Gasteiger partial charge in [0, 0.05) is 26.1 Å². The molecule has 1 saturated heterocycles. The van der Waals surface area contributed by atoms with Crippen molar-refractivity contribution in [1.82, 2.24) is 20.1 Å². The molecule has 5 heteroatoms. The number of likely N-dealkylation sites (N-methyl/N-ethyl adjacent to an activating group) is 1. The van der Waals surface area contributed by atoms with Crippen LogP contribution in [0.25, 0.3) is 0 Å². The summed E-state index contributed by atoms with van der Waals surface area (Å²) in [5, 5.41) is 7.66. The molecule has 0 saturated carbocycles. The Hall–Kier alpha value is -0.940. The molecule has 0 amide bonds. The number of hydrogen-bond donors (Lipinski definition) is 1. The van der Waals surface area contributed by atoms with Gasteiger partial charge in [-0.05, 0) is 32.2 Å². The Labute approximate surface area is 109 Å². The van der Waals surface area contributed by atoms with Gasteiger partial charge in [-0.15, -0.1) is 0 Å². The van der Waals surface area contributed by atoms with Crippen LogP contribution in [0.1, 0.15) is 38.4 Å². The number of rotatable bonds is 7. The average Bonchev–Trinajstić information content (AvgIpc) is 2.99. The lowest BCUT2D eigenvalue weighted by Gasteiger charge is -2.19. The monoisotopic (exact) mass is 252 g/mol. The first-order chi connectivity index (χ1) is 8.79. The normalized spacial score (nSPS) is 21.3. The van der Waals surface area contributed by atoms with Crippen molar-refractivity contribution < 1.29 is 4.74 Å². The Morgan fingerprint density at radius 3 is 3.11 bits per heavy atom. The van der Waals surface area contributed by atoms with Crippen LogP contribution >= 0.6 is 0 Å². The van der Waals surface area contributed by atoms with Gasteiger partial charge in [0.15, 0.2) is 0 Å². The van der Waals surface area contributed by atoms with Gasteiger partial charge in [-0.2, -0.15) is 5.10 Å². The summed E-state index contributed by atoms with van der Waals surface area (Å²) in [6.07, 6.45) is 7.78. The number of nitrogens with zero attached hydrogens (tertiary/aromatic N) is 3. The van der Waals surface area contributed by atoms with Crippen molar-refractivity contribution >= 4 is 0 Å². The minimum absolute atomic E-state index is 0.474. The maximum atomic E-state index is 5.68. The summed E-state index contributed by atoms with van der Waals surface area (Å²) in [7, 11) is 1.95. The predicted molar refractivity (Wildman–Crippen MR) is 70.4 cm³/mol. The zero-order valence-corrected chi connectivity index (χ0v) is 11.4. The van der Waals surface area contributed by atoms with Gasteiger partial charge in [-0.25, -0.2) is 4.98 Å². The van der Waals surface area contributed by atoms with Crippen LogP contribution in [0.5, 0.6) is 0 Å². The van der Waals surface area contributed by atoms with Crippen LogP contribution in [0.3, 0.4) is 0 Å². The highest BCUT2D eigenvalue weighted by Crippen LogP contribution is 2.18. The van der Waals surface area contributed by atoms with E-state index in [1.807, 2.05) is 11.7 Å². The number of ether oxygens (including phenoxy) is 1. The van der Waals surface area contributed by atoms with Crippen molar-refractivity contribution in [1.29, 1.82) is 0 Å². The van der Waals surface area contributed by atoms with Crippen LogP contribution in [0.4, 0.5) is 0 Å². The number of nitrogens with one attached hydrogen (secondary N) is 1. The van der Waals surface area contributed by atoms with Crippen molar-refractivity contribution in [3.63, 3.8) is 0 Å². The molecular weight excluding hydrogens is 228 g/mol. The van der Waals surface area contributed by atoms with E-state index in [0.717, 1.165) is 38.2 Å². The SMILES string of the molecule is CCNC(CCC1CCCO1)Cc1ncnn1C. The zero-order chi connectivity index (χ0) is 12.8. The highest BCUT2D eigenvalue weighted by Gasteiger charge is 2.18. The molecule has 1 N–H and O–H groups in total. The second-order valence-corrected chi connectivity index (χ2v) is 4.97. The maximum Gasteiger partial charge on any atom is 0.138 e. The summed E-state index contributed by atoms with van der Waals surface area (Å²) in [5.41, 5.74) is 0. The van der Waals surface area contributed by atoms with Gasteiger partial charge in [0.1, 0.15) is 12.2 Å². The van der Waals surface area contributed by atoms with Crippen molar-refractivity contribution in [2.45, 2.75) is 51.2 Å². The molecule has 0 aliphatic carbocycles. The Morgan fingerprint density at radius 2 is 2.50 bits per heavy atom. The fourth-order valence-corrected chi connectivity index (χ4v) is 2.55. The third kappa shape index (κ3) is 3.78. The first kappa shape index (κ1) is 13.5. The van der Waals surface area contributed by atoms with E-state index >= 15 is 0 Å². The van der Waals surface area contributed by atoms with Gasteiger partial charge in [0.2, 0.25) is 0 Å². The third-order valence-electron chi connectivity index (χ3n) is 3.59. The predicted octanol–water partition coefficient (Wildman–Crippen LogP) is 1.29. The van der Waals surface area contributed by atoms with Crippen LogP contribution < -0.4 is 5.32 Å². The van der Waals surface area contributed by atoms with E-state index in [1.165, 1.54) is 12.8 Å². The number of aromatic nitrogens is 3. The standard InChI is InChI=1S/C13H24N4O/c1-3-14-11(6-7-12-5-4-8-18-12)9-13-15-10-16-17(13)2/h10-12,14H,3-9H2,1-2H3. The number of hydrogen-bond acceptors (Lipinski definition) is 4. The molecule has 2 unspecified atom stereocenters. The molecule has 0 radical (unpaired) electrons. The van der Waals surface area contributed by atoms with Crippen LogP contribution in [-0.2, 0) is 18.2 Å². The molecule has 2 rings (SSSR count). The maximum absolute atomic E-state index is 5.68. The lowest BCUT2D eigenvalue weighted by molar-refractivity contribution is 0.0995. The summed E-state index contributed by atoms with van der Waals surface area (Å²) in [5.74, 6) is 1.05. The van der Waals surface area contributed by atoms with E-state index in [9.17, 15) is 0 Å². The molecule has 0 spiro atoms. The van der Waals surface area contributed by atoms with E-state index in [2.05, 4.69) is 22.3 Å². The zero-order valence-electron chi connectivity index (χ0n) is 11.4. The van der Waals surface area contributed by atoms with Crippen molar-refractivity contribution in [3.8, 4) is 0 Å². The van der Waals surface area contributed by atoms with Crippen LogP contribution in [0.2, 0.25) is 0 Å². The topological polar surface area (TPSA) is 52.0 Å². The van der Waals surface area contributed by atoms with Gasteiger partial charge in [0.25, 0.3) is 0 Å². The molecule has 5 nitrogen and oxygen atoms in total. The van der Waals surface area contributed by atoms with Crippen molar-refractivity contribution in [2.24, 2.45) is 7.05 Å². The lowest BCUT2D eigenvalue weighted by Crippen LogP contribution is -2.32. The Balaban J connectivity index is 1.81. The Morgan fingerprint density at radius 1 is 1.61 bits per heavy atom. The minimum atomic E-state index is 0.474. The van der Waals surface area contributed by atoms with E-state index < -0.39 is 0 Å². The van der Waals surface area contributed by atoms with Crippen LogP contribution in [0.15, 0.2) is 6.33 Å². The van der Waals surface area contributed by atoms with Crippen molar-refractivity contribution in [2.75, 3.05) is 13.2 Å². The molecule has 0 aromatic carbocycles. The molecule has 102 valence electrons. The van der Waals surface area contributed by atoms with Crippen LogP contribution in [-0.4, -0.2) is 40.1 Å². The molecule has 18 heavy (non-hydrogen) atoms. The fourth-order valence-electron chi connectivity index (χ4n) is 2.55. The van der Waals surface area contributed by atoms with E-state index in [1.54, 1.807) is 6.33 Å². The summed E-state index contributed by atoms with van der Waals surface area (Å²) in [4.78, 5) is 4.30. The quantitative estimate of drug-likeness (QED) is 0.794. The van der Waals surface area contributed by atoms with E-state index in [-0.39, 0.29) is 0 Å². The molecule has 2 atom stereocenters. The second kappa shape index (κ2) is 6.85. The minimum Gasteiger partial charge on any atom is -0.378 e. The fraction of sp³-hybridized carbons (Fsp3) is 0.846. The first-order valence-electron chi connectivity index (χ1n) is 6.97. The molecule has 2 heterocycles. The molecule has 1 aliphatic rings. The van der Waals surface area contributed by atoms with Crippen LogP contribution in [0, 0.1) is 0 Å². The van der Waals surface area contributed by atoms with Gasteiger partial charge in [0.05, 0.1) is 6.10 Å². The van der Waals surface area contributed by atoms with Gasteiger partial charge < -0.3 is 10.1 Å².